The second-order valence-electron chi connectivity index (χ2n) is 8.84. The van der Waals surface area contributed by atoms with E-state index < -0.39 is 12.2 Å². The van der Waals surface area contributed by atoms with Gasteiger partial charge in [-0.05, 0) is 36.9 Å². The maximum atomic E-state index is 13.4. The van der Waals surface area contributed by atoms with Crippen molar-refractivity contribution in [1.82, 2.24) is 10.3 Å². The van der Waals surface area contributed by atoms with Crippen LogP contribution < -0.4 is 19.7 Å². The summed E-state index contributed by atoms with van der Waals surface area (Å²) in [5, 5.41) is 9.89. The van der Waals surface area contributed by atoms with Crippen molar-refractivity contribution >= 4 is 34.4 Å². The van der Waals surface area contributed by atoms with E-state index in [4.69, 9.17) is 14.6 Å². The van der Waals surface area contributed by atoms with Crippen molar-refractivity contribution in [2.24, 2.45) is 5.10 Å². The number of hydrazone groups is 1. The lowest BCUT2D eigenvalue weighted by Crippen LogP contribution is -2.55. The molecule has 0 saturated heterocycles. The van der Waals surface area contributed by atoms with E-state index in [0.29, 0.717) is 42.0 Å². The molecule has 0 aromatic heterocycles. The Kier molecular flexibility index (Phi) is 7.55. The third kappa shape index (κ3) is 4.81. The fraction of sp³-hybridized carbons (Fsp3) is 0.276. The molecule has 0 spiro atoms. The number of ether oxygens (including phenoxy) is 2. The highest BCUT2D eigenvalue weighted by molar-refractivity contribution is 8.13. The minimum Gasteiger partial charge on any atom is -0.490 e. The fourth-order valence-electron chi connectivity index (χ4n) is 4.79. The zero-order valence-corrected chi connectivity index (χ0v) is 22.4. The number of carbonyl (C=O) groups excluding carboxylic acids is 2. The smallest absolute Gasteiger partial charge is 0.255 e. The number of amides is 2. The number of hydrogen-bond acceptors (Lipinski definition) is 7. The molecule has 2 atom stereocenters. The van der Waals surface area contributed by atoms with Crippen LogP contribution in [-0.2, 0) is 16.2 Å². The summed E-state index contributed by atoms with van der Waals surface area (Å²) in [7, 11) is 0. The van der Waals surface area contributed by atoms with E-state index in [1.165, 1.54) is 11.8 Å². The largest absolute Gasteiger partial charge is 0.490 e. The van der Waals surface area contributed by atoms with E-state index in [-0.39, 0.29) is 11.8 Å². The molecule has 2 amide bonds. The molecule has 9 heteroatoms. The average Bonchev–Trinajstić information content (AvgIpc) is 2.95. The molecule has 2 aliphatic heterocycles. The quantitative estimate of drug-likeness (QED) is 0.451. The molecule has 5 rings (SSSR count). The van der Waals surface area contributed by atoms with Crippen LogP contribution in [0.1, 0.15) is 49.2 Å². The number of carbonyl (C=O) groups is 2. The Labute approximate surface area is 226 Å². The van der Waals surface area contributed by atoms with Gasteiger partial charge in [0.1, 0.15) is 6.61 Å². The molecule has 0 fully saturated rings. The SMILES string of the molecule is CCOc1cc(C2N(C(=O)CC)c3ccccc3C3C(=O)NC(SC)=NN32)ccc1OCc1ccccc1. The van der Waals surface area contributed by atoms with Gasteiger partial charge in [0.15, 0.2) is 28.9 Å². The van der Waals surface area contributed by atoms with Crippen LogP contribution in [0.3, 0.4) is 0 Å². The first-order valence-electron chi connectivity index (χ1n) is 12.6. The minimum atomic E-state index is -0.683. The molecule has 0 saturated carbocycles. The van der Waals surface area contributed by atoms with Gasteiger partial charge in [-0.15, -0.1) is 5.10 Å². The molecule has 3 aromatic carbocycles. The Morgan fingerprint density at radius 3 is 2.50 bits per heavy atom. The molecule has 2 unspecified atom stereocenters. The van der Waals surface area contributed by atoms with Gasteiger partial charge in [-0.2, -0.15) is 0 Å². The second kappa shape index (κ2) is 11.2. The van der Waals surface area contributed by atoms with Crippen LogP contribution in [0.15, 0.2) is 77.9 Å². The van der Waals surface area contributed by atoms with Crippen molar-refractivity contribution in [3.05, 3.63) is 89.5 Å². The predicted octanol–water partition coefficient (Wildman–Crippen LogP) is 5.23. The van der Waals surface area contributed by atoms with Gasteiger partial charge in [-0.1, -0.05) is 73.3 Å². The monoisotopic (exact) mass is 530 g/mol. The van der Waals surface area contributed by atoms with E-state index in [1.54, 1.807) is 9.91 Å². The highest BCUT2D eigenvalue weighted by atomic mass is 32.2. The van der Waals surface area contributed by atoms with Crippen molar-refractivity contribution in [1.29, 1.82) is 0 Å². The van der Waals surface area contributed by atoms with E-state index in [0.717, 1.165) is 16.7 Å². The van der Waals surface area contributed by atoms with Crippen LogP contribution in [0, 0.1) is 0 Å². The molecule has 1 N–H and O–H groups in total. The first-order valence-corrected chi connectivity index (χ1v) is 13.8. The Morgan fingerprint density at radius 2 is 1.76 bits per heavy atom. The summed E-state index contributed by atoms with van der Waals surface area (Å²) in [6, 6.07) is 22.4. The van der Waals surface area contributed by atoms with Crippen molar-refractivity contribution in [2.45, 2.75) is 39.1 Å². The van der Waals surface area contributed by atoms with Gasteiger partial charge >= 0.3 is 0 Å². The molecule has 0 radical (unpaired) electrons. The number of anilines is 1. The molecule has 38 heavy (non-hydrogen) atoms. The second-order valence-corrected chi connectivity index (χ2v) is 9.64. The molecular formula is C29H30N4O4S. The van der Waals surface area contributed by atoms with Crippen molar-refractivity contribution in [3.63, 3.8) is 0 Å². The first-order chi connectivity index (χ1) is 18.5. The molecule has 3 aromatic rings. The maximum Gasteiger partial charge on any atom is 0.255 e. The molecule has 0 bridgehead atoms. The summed E-state index contributed by atoms with van der Waals surface area (Å²) in [4.78, 5) is 28.5. The highest BCUT2D eigenvalue weighted by Gasteiger charge is 2.47. The van der Waals surface area contributed by atoms with Crippen molar-refractivity contribution in [3.8, 4) is 11.5 Å². The number of para-hydroxylation sites is 1. The molecule has 2 aliphatic rings. The zero-order valence-electron chi connectivity index (χ0n) is 21.6. The lowest BCUT2D eigenvalue weighted by Gasteiger charge is -2.48. The number of thioether (sulfide) groups is 1. The van der Waals surface area contributed by atoms with E-state index in [9.17, 15) is 9.59 Å². The zero-order chi connectivity index (χ0) is 26.6. The number of nitrogens with zero attached hydrogens (tertiary/aromatic N) is 3. The average molecular weight is 531 g/mol. The van der Waals surface area contributed by atoms with Crippen molar-refractivity contribution < 1.29 is 19.1 Å². The summed E-state index contributed by atoms with van der Waals surface area (Å²) in [5.74, 6) is 0.912. The molecular weight excluding hydrogens is 500 g/mol. The molecule has 0 aliphatic carbocycles. The Balaban J connectivity index is 1.61. The summed E-state index contributed by atoms with van der Waals surface area (Å²) in [5.41, 5.74) is 3.25. The maximum absolute atomic E-state index is 13.4. The van der Waals surface area contributed by atoms with Gasteiger partial charge in [-0.25, -0.2) is 0 Å². The van der Waals surface area contributed by atoms with Gasteiger partial charge in [0.2, 0.25) is 5.91 Å². The van der Waals surface area contributed by atoms with E-state index in [2.05, 4.69) is 5.32 Å². The van der Waals surface area contributed by atoms with Gasteiger partial charge < -0.3 is 14.8 Å². The number of nitrogens with one attached hydrogen (secondary N) is 1. The molecule has 2 heterocycles. The van der Waals surface area contributed by atoms with Crippen LogP contribution in [0.4, 0.5) is 5.69 Å². The number of amidine groups is 1. The number of benzene rings is 3. The molecule has 196 valence electrons. The minimum absolute atomic E-state index is 0.0739. The summed E-state index contributed by atoms with van der Waals surface area (Å²) in [6.45, 7) is 4.59. The summed E-state index contributed by atoms with van der Waals surface area (Å²) < 4.78 is 12.1. The normalized spacial score (nSPS) is 18.2. The standard InChI is InChI=1S/C29H30N4O4S/c1-4-25(34)32-22-14-10-9-13-21(22)26-27(35)30-29(38-3)31-33(26)28(32)20-15-16-23(24(17-20)36-5-2)37-18-19-11-7-6-8-12-19/h6-17,26,28H,4-5,18H2,1-3H3,(H,30,31,35). The number of hydrogen-bond donors (Lipinski definition) is 1. The van der Waals surface area contributed by atoms with Gasteiger partial charge in [-0.3, -0.25) is 19.5 Å². The van der Waals surface area contributed by atoms with Crippen LogP contribution in [-0.4, -0.2) is 34.9 Å². The summed E-state index contributed by atoms with van der Waals surface area (Å²) in [6.07, 6.45) is 1.50. The fourth-order valence-corrected chi connectivity index (χ4v) is 5.17. The third-order valence-electron chi connectivity index (χ3n) is 6.50. The predicted molar refractivity (Wildman–Crippen MR) is 149 cm³/mol. The topological polar surface area (TPSA) is 83.5 Å². The van der Waals surface area contributed by atoms with E-state index >= 15 is 0 Å². The molecule has 8 nitrogen and oxygen atoms in total. The number of rotatable bonds is 7. The van der Waals surface area contributed by atoms with Gasteiger partial charge in [0.05, 0.1) is 12.3 Å². The highest BCUT2D eigenvalue weighted by Crippen LogP contribution is 2.48. The lowest BCUT2D eigenvalue weighted by molar-refractivity contribution is -0.130. The Bertz CT molecular complexity index is 1360. The van der Waals surface area contributed by atoms with Crippen LogP contribution >= 0.6 is 11.8 Å². The van der Waals surface area contributed by atoms with Crippen LogP contribution in [0.2, 0.25) is 0 Å². The Morgan fingerprint density at radius 1 is 1.00 bits per heavy atom. The summed E-state index contributed by atoms with van der Waals surface area (Å²) >= 11 is 1.35. The Hall–Kier alpha value is -3.98. The van der Waals surface area contributed by atoms with Gasteiger partial charge in [0, 0.05) is 17.5 Å². The number of fused-ring (bicyclic) bond motifs is 3. The van der Waals surface area contributed by atoms with E-state index in [1.807, 2.05) is 92.9 Å². The third-order valence-corrected chi connectivity index (χ3v) is 7.07. The first kappa shape index (κ1) is 25.7. The van der Waals surface area contributed by atoms with Crippen molar-refractivity contribution in [2.75, 3.05) is 17.8 Å². The van der Waals surface area contributed by atoms with Gasteiger partial charge in [0.25, 0.3) is 5.91 Å². The van der Waals surface area contributed by atoms with Crippen LogP contribution in [0.5, 0.6) is 11.5 Å². The van der Waals surface area contributed by atoms with Crippen LogP contribution in [0.25, 0.3) is 0 Å². The lowest BCUT2D eigenvalue weighted by atomic mass is 9.95.